The maximum atomic E-state index is 8.62. The molecule has 0 aromatic rings. The van der Waals surface area contributed by atoms with Gasteiger partial charge < -0.3 is 0 Å². The molecule has 0 spiro atoms. The first-order chi connectivity index (χ1) is 7.35. The van der Waals surface area contributed by atoms with Crippen molar-refractivity contribution in [2.75, 3.05) is 0 Å². The standard InChI is InChI=1S/C14H27N/c1-3-5-6-7-8-9-10-11-14(4-2)12-13-15/h14H,3-12H2,1-2H3. The van der Waals surface area contributed by atoms with Gasteiger partial charge in [-0.25, -0.2) is 0 Å². The van der Waals surface area contributed by atoms with E-state index in [1.54, 1.807) is 0 Å². The van der Waals surface area contributed by atoms with Gasteiger partial charge >= 0.3 is 0 Å². The average Bonchev–Trinajstić information content (AvgIpc) is 2.26. The van der Waals surface area contributed by atoms with E-state index in [0.717, 1.165) is 6.42 Å². The molecule has 1 nitrogen and oxygen atoms in total. The van der Waals surface area contributed by atoms with Crippen LogP contribution in [0.25, 0.3) is 0 Å². The average molecular weight is 209 g/mol. The van der Waals surface area contributed by atoms with Gasteiger partial charge in [0.2, 0.25) is 0 Å². The summed E-state index contributed by atoms with van der Waals surface area (Å²) < 4.78 is 0. The Bertz CT molecular complexity index is 157. The lowest BCUT2D eigenvalue weighted by atomic mass is 9.95. The molecule has 0 saturated carbocycles. The van der Waals surface area contributed by atoms with Crippen LogP contribution in [-0.4, -0.2) is 0 Å². The molecule has 0 amide bonds. The van der Waals surface area contributed by atoms with Gasteiger partial charge in [-0.3, -0.25) is 0 Å². The first-order valence-electron chi connectivity index (χ1n) is 6.72. The van der Waals surface area contributed by atoms with Gasteiger partial charge in [0.15, 0.2) is 0 Å². The van der Waals surface area contributed by atoms with Crippen molar-refractivity contribution in [2.24, 2.45) is 5.92 Å². The van der Waals surface area contributed by atoms with E-state index in [4.69, 9.17) is 5.26 Å². The van der Waals surface area contributed by atoms with Gasteiger partial charge in [0.25, 0.3) is 0 Å². The minimum atomic E-state index is 0.658. The fourth-order valence-electron chi connectivity index (χ4n) is 1.97. The third-order valence-electron chi connectivity index (χ3n) is 3.17. The summed E-state index contributed by atoms with van der Waals surface area (Å²) in [6.45, 7) is 4.46. The lowest BCUT2D eigenvalue weighted by Crippen LogP contribution is -1.97. The molecule has 0 fully saturated rings. The molecule has 0 aliphatic heterocycles. The third-order valence-corrected chi connectivity index (χ3v) is 3.17. The molecule has 1 atom stereocenters. The second-order valence-corrected chi connectivity index (χ2v) is 4.55. The van der Waals surface area contributed by atoms with Crippen LogP contribution in [0, 0.1) is 17.2 Å². The van der Waals surface area contributed by atoms with Crippen molar-refractivity contribution in [1.82, 2.24) is 0 Å². The Balaban J connectivity index is 3.18. The van der Waals surface area contributed by atoms with E-state index in [1.807, 2.05) is 0 Å². The maximum Gasteiger partial charge on any atom is 0.0624 e. The highest BCUT2D eigenvalue weighted by molar-refractivity contribution is 4.74. The van der Waals surface area contributed by atoms with E-state index in [2.05, 4.69) is 19.9 Å². The van der Waals surface area contributed by atoms with E-state index in [0.29, 0.717) is 5.92 Å². The predicted molar refractivity (Wildman–Crippen MR) is 66.6 cm³/mol. The fraction of sp³-hybridized carbons (Fsp3) is 0.929. The molecule has 0 saturated heterocycles. The largest absolute Gasteiger partial charge is 0.198 e. The zero-order valence-corrected chi connectivity index (χ0v) is 10.6. The summed E-state index contributed by atoms with van der Waals surface area (Å²) in [4.78, 5) is 0. The summed E-state index contributed by atoms with van der Waals surface area (Å²) in [6.07, 6.45) is 12.8. The summed E-state index contributed by atoms with van der Waals surface area (Å²) in [6, 6.07) is 2.29. The van der Waals surface area contributed by atoms with Crippen molar-refractivity contribution < 1.29 is 0 Å². The third kappa shape index (κ3) is 9.79. The van der Waals surface area contributed by atoms with Crippen LogP contribution in [0.4, 0.5) is 0 Å². The molecule has 1 heteroatoms. The van der Waals surface area contributed by atoms with Crippen LogP contribution in [0.1, 0.15) is 78.1 Å². The Labute approximate surface area is 95.9 Å². The smallest absolute Gasteiger partial charge is 0.0624 e. The zero-order valence-electron chi connectivity index (χ0n) is 10.6. The van der Waals surface area contributed by atoms with Crippen molar-refractivity contribution in [2.45, 2.75) is 78.1 Å². The summed E-state index contributed by atoms with van der Waals surface area (Å²) in [7, 11) is 0. The fourth-order valence-corrected chi connectivity index (χ4v) is 1.97. The maximum absolute atomic E-state index is 8.62. The molecule has 0 bridgehead atoms. The molecular formula is C14H27N. The number of nitrogens with zero attached hydrogens (tertiary/aromatic N) is 1. The lowest BCUT2D eigenvalue weighted by molar-refractivity contribution is 0.445. The van der Waals surface area contributed by atoms with Crippen LogP contribution in [0.5, 0.6) is 0 Å². The van der Waals surface area contributed by atoms with E-state index < -0.39 is 0 Å². The van der Waals surface area contributed by atoms with Crippen molar-refractivity contribution in [3.05, 3.63) is 0 Å². The van der Waals surface area contributed by atoms with E-state index >= 15 is 0 Å². The summed E-state index contributed by atoms with van der Waals surface area (Å²) in [5.41, 5.74) is 0. The van der Waals surface area contributed by atoms with Crippen LogP contribution in [0.15, 0.2) is 0 Å². The number of hydrogen-bond acceptors (Lipinski definition) is 1. The molecule has 15 heavy (non-hydrogen) atoms. The minimum Gasteiger partial charge on any atom is -0.198 e. The molecule has 0 aliphatic rings. The Hall–Kier alpha value is -0.510. The van der Waals surface area contributed by atoms with Crippen LogP contribution < -0.4 is 0 Å². The van der Waals surface area contributed by atoms with Crippen LogP contribution >= 0.6 is 0 Å². The van der Waals surface area contributed by atoms with Crippen molar-refractivity contribution in [3.8, 4) is 6.07 Å². The Morgan fingerprint density at radius 1 is 0.933 bits per heavy atom. The van der Waals surface area contributed by atoms with Crippen molar-refractivity contribution >= 4 is 0 Å². The topological polar surface area (TPSA) is 23.8 Å². The molecule has 0 radical (unpaired) electrons. The quantitative estimate of drug-likeness (QED) is 0.461. The highest BCUT2D eigenvalue weighted by Gasteiger charge is 2.04. The van der Waals surface area contributed by atoms with Crippen LogP contribution in [0.2, 0.25) is 0 Å². The summed E-state index contributed by atoms with van der Waals surface area (Å²) >= 11 is 0. The Morgan fingerprint density at radius 3 is 2.07 bits per heavy atom. The van der Waals surface area contributed by atoms with Crippen molar-refractivity contribution in [3.63, 3.8) is 0 Å². The second kappa shape index (κ2) is 11.6. The number of unbranched alkanes of at least 4 members (excludes halogenated alkanes) is 6. The van der Waals surface area contributed by atoms with Gasteiger partial charge in [-0.2, -0.15) is 5.26 Å². The van der Waals surface area contributed by atoms with Crippen molar-refractivity contribution in [1.29, 1.82) is 5.26 Å². The van der Waals surface area contributed by atoms with Crippen LogP contribution in [-0.2, 0) is 0 Å². The van der Waals surface area contributed by atoms with Crippen LogP contribution in [0.3, 0.4) is 0 Å². The van der Waals surface area contributed by atoms with E-state index in [1.165, 1.54) is 57.8 Å². The zero-order chi connectivity index (χ0) is 11.4. The summed E-state index contributed by atoms with van der Waals surface area (Å²) in [5, 5.41) is 8.62. The molecule has 0 aromatic heterocycles. The monoisotopic (exact) mass is 209 g/mol. The van der Waals surface area contributed by atoms with Gasteiger partial charge in [-0.1, -0.05) is 65.2 Å². The lowest BCUT2D eigenvalue weighted by Gasteiger charge is -2.09. The second-order valence-electron chi connectivity index (χ2n) is 4.55. The molecular weight excluding hydrogens is 182 g/mol. The number of rotatable bonds is 10. The molecule has 0 heterocycles. The SMILES string of the molecule is CCCCCCCCCC(CC)CC#N. The number of nitriles is 1. The van der Waals surface area contributed by atoms with Gasteiger partial charge in [0, 0.05) is 6.42 Å². The highest BCUT2D eigenvalue weighted by atomic mass is 14.2. The molecule has 1 unspecified atom stereocenters. The molecule has 88 valence electrons. The normalized spacial score (nSPS) is 12.3. The predicted octanol–water partition coefficient (Wildman–Crippen LogP) is 5.07. The van der Waals surface area contributed by atoms with E-state index in [-0.39, 0.29) is 0 Å². The first-order valence-corrected chi connectivity index (χ1v) is 6.72. The molecule has 0 N–H and O–H groups in total. The summed E-state index contributed by atoms with van der Waals surface area (Å²) in [5.74, 6) is 0.658. The Morgan fingerprint density at radius 2 is 1.53 bits per heavy atom. The minimum absolute atomic E-state index is 0.658. The van der Waals surface area contributed by atoms with Gasteiger partial charge in [0.1, 0.15) is 0 Å². The van der Waals surface area contributed by atoms with Gasteiger partial charge in [-0.05, 0) is 12.3 Å². The van der Waals surface area contributed by atoms with Gasteiger partial charge in [-0.15, -0.1) is 0 Å². The first kappa shape index (κ1) is 14.5. The number of hydrogen-bond donors (Lipinski definition) is 0. The molecule has 0 rings (SSSR count). The molecule has 0 aliphatic carbocycles. The van der Waals surface area contributed by atoms with Gasteiger partial charge in [0.05, 0.1) is 6.07 Å². The molecule has 0 aromatic carbocycles. The Kier molecular flexibility index (Phi) is 11.2. The van der Waals surface area contributed by atoms with E-state index in [9.17, 15) is 0 Å². The highest BCUT2D eigenvalue weighted by Crippen LogP contribution is 2.17.